The predicted octanol–water partition coefficient (Wildman–Crippen LogP) is 8.94. The average Bonchev–Trinajstić information content (AvgIpc) is 3.57. The fraction of sp³-hybridized carbons (Fsp3) is 0. The van der Waals surface area contributed by atoms with Gasteiger partial charge in [0.15, 0.2) is 0 Å². The minimum Gasteiger partial charge on any atom is -0.317 e. The maximum absolute atomic E-state index is 4.52. The van der Waals surface area contributed by atoms with Crippen molar-refractivity contribution in [3.8, 4) is 22.6 Å². The number of fused-ring (bicyclic) bond motifs is 6. The third-order valence-corrected chi connectivity index (χ3v) is 7.60. The van der Waals surface area contributed by atoms with Crippen molar-refractivity contribution in [2.45, 2.75) is 0 Å². The van der Waals surface area contributed by atoms with E-state index >= 15 is 0 Å². The second-order valence-electron chi connectivity index (χ2n) is 9.72. The average molecular weight is 486 g/mol. The van der Waals surface area contributed by atoms with Crippen molar-refractivity contribution < 1.29 is 0 Å². The number of aromatic nitrogens is 3. The van der Waals surface area contributed by atoms with Crippen molar-refractivity contribution in [2.75, 3.05) is 0 Å². The molecule has 0 saturated heterocycles. The number of para-hydroxylation sites is 2. The van der Waals surface area contributed by atoms with Crippen LogP contribution < -0.4 is 0 Å². The van der Waals surface area contributed by atoms with Crippen LogP contribution in [0.4, 0.5) is 0 Å². The van der Waals surface area contributed by atoms with Gasteiger partial charge in [0.2, 0.25) is 0 Å². The molecule has 0 spiro atoms. The summed E-state index contributed by atoms with van der Waals surface area (Å²) in [5, 5.41) is 6.31. The Balaban J connectivity index is 1.38. The molecule has 3 nitrogen and oxygen atoms in total. The van der Waals surface area contributed by atoms with Gasteiger partial charge in [-0.3, -0.25) is 4.98 Å². The number of rotatable bonds is 3. The number of pyridine rings is 1. The molecule has 0 amide bonds. The van der Waals surface area contributed by atoms with E-state index in [1.54, 1.807) is 0 Å². The second-order valence-corrected chi connectivity index (χ2v) is 9.72. The first-order chi connectivity index (χ1) is 18.8. The van der Waals surface area contributed by atoms with Crippen LogP contribution in [0.3, 0.4) is 0 Å². The molecular formula is C35H23N3. The second kappa shape index (κ2) is 8.19. The molecule has 0 atom stereocenters. The van der Waals surface area contributed by atoms with Crippen molar-refractivity contribution in [2.24, 2.45) is 0 Å². The normalized spacial score (nSPS) is 11.7. The van der Waals surface area contributed by atoms with Crippen molar-refractivity contribution in [1.29, 1.82) is 0 Å². The van der Waals surface area contributed by atoms with E-state index < -0.39 is 0 Å². The first-order valence-electron chi connectivity index (χ1n) is 12.9. The standard InChI is InChI=1S/C35H23N3/c1-2-8-26(9-3-1)37-21-19-29-30-23-35-31(22-25(30)15-18-33(29)37)28-10-4-5-12-34(28)38(35)27-16-13-24(14-17-27)32-11-6-7-20-36-32/h1-23H. The lowest BCUT2D eigenvalue weighted by molar-refractivity contribution is 1.13. The predicted molar refractivity (Wildman–Crippen MR) is 158 cm³/mol. The van der Waals surface area contributed by atoms with E-state index in [0.29, 0.717) is 0 Å². The molecule has 0 fully saturated rings. The summed E-state index contributed by atoms with van der Waals surface area (Å²) in [6, 6.07) is 45.5. The molecule has 0 aliphatic rings. The molecule has 3 heteroatoms. The van der Waals surface area contributed by atoms with Crippen LogP contribution in [-0.2, 0) is 0 Å². The lowest BCUT2D eigenvalue weighted by atomic mass is 10.0. The molecule has 8 rings (SSSR count). The summed E-state index contributed by atoms with van der Waals surface area (Å²) in [6.07, 6.45) is 4.02. The van der Waals surface area contributed by atoms with Crippen LogP contribution in [0, 0.1) is 0 Å². The van der Waals surface area contributed by atoms with E-state index in [0.717, 1.165) is 16.9 Å². The first-order valence-corrected chi connectivity index (χ1v) is 12.9. The fourth-order valence-corrected chi connectivity index (χ4v) is 5.82. The molecule has 0 N–H and O–H groups in total. The van der Waals surface area contributed by atoms with Gasteiger partial charge in [0.25, 0.3) is 0 Å². The molecular weight excluding hydrogens is 462 g/mol. The zero-order valence-corrected chi connectivity index (χ0v) is 20.6. The number of hydrogen-bond donors (Lipinski definition) is 0. The molecule has 3 aromatic heterocycles. The van der Waals surface area contributed by atoms with E-state index in [2.05, 4.69) is 136 Å². The fourth-order valence-electron chi connectivity index (χ4n) is 5.82. The summed E-state index contributed by atoms with van der Waals surface area (Å²) in [5.41, 5.74) is 8.05. The molecule has 0 radical (unpaired) electrons. The molecule has 178 valence electrons. The Morgan fingerprint density at radius 1 is 0.474 bits per heavy atom. The number of nitrogens with zero attached hydrogens (tertiary/aromatic N) is 3. The van der Waals surface area contributed by atoms with Crippen LogP contribution in [0.25, 0.3) is 66.1 Å². The summed E-state index contributed by atoms with van der Waals surface area (Å²) in [6.45, 7) is 0. The Kier molecular flexibility index (Phi) is 4.52. The Labute approximate surface area is 219 Å². The topological polar surface area (TPSA) is 22.8 Å². The molecule has 38 heavy (non-hydrogen) atoms. The number of benzene rings is 5. The highest BCUT2D eigenvalue weighted by Gasteiger charge is 2.15. The Hall–Kier alpha value is -5.15. The van der Waals surface area contributed by atoms with Crippen LogP contribution in [-0.4, -0.2) is 14.1 Å². The molecule has 0 bridgehead atoms. The zero-order chi connectivity index (χ0) is 25.1. The summed E-state index contributed by atoms with van der Waals surface area (Å²) in [4.78, 5) is 4.52. The Morgan fingerprint density at radius 2 is 1.26 bits per heavy atom. The quantitative estimate of drug-likeness (QED) is 0.245. The Bertz CT molecular complexity index is 2100. The van der Waals surface area contributed by atoms with Crippen LogP contribution >= 0.6 is 0 Å². The lowest BCUT2D eigenvalue weighted by Crippen LogP contribution is -1.94. The van der Waals surface area contributed by atoms with Gasteiger partial charge in [0.1, 0.15) is 0 Å². The highest BCUT2D eigenvalue weighted by molar-refractivity contribution is 6.18. The smallest absolute Gasteiger partial charge is 0.0701 e. The van der Waals surface area contributed by atoms with E-state index in [1.165, 1.54) is 49.2 Å². The van der Waals surface area contributed by atoms with Gasteiger partial charge < -0.3 is 9.13 Å². The minimum atomic E-state index is 0.984. The highest BCUT2D eigenvalue weighted by Crippen LogP contribution is 2.37. The third-order valence-electron chi connectivity index (χ3n) is 7.60. The summed E-state index contributed by atoms with van der Waals surface area (Å²) >= 11 is 0. The maximum atomic E-state index is 4.52. The van der Waals surface area contributed by atoms with Crippen LogP contribution in [0.15, 0.2) is 140 Å². The van der Waals surface area contributed by atoms with Crippen molar-refractivity contribution in [1.82, 2.24) is 14.1 Å². The van der Waals surface area contributed by atoms with Gasteiger partial charge in [-0.05, 0) is 77.5 Å². The lowest BCUT2D eigenvalue weighted by Gasteiger charge is -2.10. The van der Waals surface area contributed by atoms with Gasteiger partial charge in [0.05, 0.1) is 22.2 Å². The van der Waals surface area contributed by atoms with Gasteiger partial charge in [-0.15, -0.1) is 0 Å². The summed E-state index contributed by atoms with van der Waals surface area (Å²) < 4.78 is 4.66. The van der Waals surface area contributed by atoms with Crippen LogP contribution in [0.2, 0.25) is 0 Å². The number of hydrogen-bond acceptors (Lipinski definition) is 1. The van der Waals surface area contributed by atoms with Crippen molar-refractivity contribution in [3.63, 3.8) is 0 Å². The zero-order valence-electron chi connectivity index (χ0n) is 20.6. The van der Waals surface area contributed by atoms with Gasteiger partial charge in [0, 0.05) is 45.5 Å². The highest BCUT2D eigenvalue weighted by atomic mass is 15.0. The van der Waals surface area contributed by atoms with E-state index in [4.69, 9.17) is 0 Å². The molecule has 0 aliphatic carbocycles. The molecule has 5 aromatic carbocycles. The van der Waals surface area contributed by atoms with Gasteiger partial charge in [-0.2, -0.15) is 0 Å². The van der Waals surface area contributed by atoms with Gasteiger partial charge in [-0.25, -0.2) is 0 Å². The van der Waals surface area contributed by atoms with Crippen molar-refractivity contribution in [3.05, 3.63) is 140 Å². The molecule has 8 aromatic rings. The van der Waals surface area contributed by atoms with Crippen LogP contribution in [0.1, 0.15) is 0 Å². The summed E-state index contributed by atoms with van der Waals surface area (Å²) in [7, 11) is 0. The largest absolute Gasteiger partial charge is 0.317 e. The summed E-state index contributed by atoms with van der Waals surface area (Å²) in [5.74, 6) is 0. The molecule has 3 heterocycles. The van der Waals surface area contributed by atoms with E-state index in [1.807, 2.05) is 18.3 Å². The monoisotopic (exact) mass is 485 g/mol. The molecule has 0 saturated carbocycles. The maximum Gasteiger partial charge on any atom is 0.0701 e. The third kappa shape index (κ3) is 3.12. The molecule has 0 unspecified atom stereocenters. The first kappa shape index (κ1) is 21.0. The molecule has 0 aliphatic heterocycles. The van der Waals surface area contributed by atoms with Crippen LogP contribution in [0.5, 0.6) is 0 Å². The van der Waals surface area contributed by atoms with E-state index in [-0.39, 0.29) is 0 Å². The van der Waals surface area contributed by atoms with Gasteiger partial charge in [-0.1, -0.05) is 60.7 Å². The SMILES string of the molecule is c1ccc(-n2ccc3c4cc5c(cc4ccc32)c2ccccc2n5-c2ccc(-c3ccccn3)cc2)cc1. The van der Waals surface area contributed by atoms with Crippen molar-refractivity contribution >= 4 is 43.5 Å². The van der Waals surface area contributed by atoms with E-state index in [9.17, 15) is 0 Å². The van der Waals surface area contributed by atoms with Gasteiger partial charge >= 0.3 is 0 Å². The Morgan fingerprint density at radius 3 is 2.11 bits per heavy atom. The minimum absolute atomic E-state index is 0.984.